The molecule has 1 aliphatic heterocycles. The SMILES string of the molecule is Cc1ccc(C2CCNC2c2ccccc2)cc1F. The molecule has 2 aromatic rings. The Bertz CT molecular complexity index is 565. The highest BCUT2D eigenvalue weighted by Crippen LogP contribution is 2.37. The molecule has 0 bridgehead atoms. The van der Waals surface area contributed by atoms with Crippen LogP contribution < -0.4 is 5.32 Å². The van der Waals surface area contributed by atoms with Crippen LogP contribution in [0.5, 0.6) is 0 Å². The van der Waals surface area contributed by atoms with Gasteiger partial charge in [-0.05, 0) is 42.6 Å². The molecule has 1 heterocycles. The van der Waals surface area contributed by atoms with E-state index in [0.29, 0.717) is 17.5 Å². The highest BCUT2D eigenvalue weighted by atomic mass is 19.1. The van der Waals surface area contributed by atoms with Gasteiger partial charge in [0.25, 0.3) is 0 Å². The molecule has 0 aliphatic carbocycles. The number of halogens is 1. The summed E-state index contributed by atoms with van der Waals surface area (Å²) in [6.45, 7) is 2.79. The molecule has 2 unspecified atom stereocenters. The third-order valence-corrected chi connectivity index (χ3v) is 4.00. The van der Waals surface area contributed by atoms with E-state index in [9.17, 15) is 4.39 Å². The van der Waals surface area contributed by atoms with E-state index in [-0.39, 0.29) is 5.82 Å². The molecule has 1 N–H and O–H groups in total. The van der Waals surface area contributed by atoms with Gasteiger partial charge < -0.3 is 5.32 Å². The maximum absolute atomic E-state index is 13.7. The Kier molecular flexibility index (Phi) is 3.34. The van der Waals surface area contributed by atoms with Crippen molar-refractivity contribution < 1.29 is 4.39 Å². The van der Waals surface area contributed by atoms with Gasteiger partial charge in [0.15, 0.2) is 0 Å². The van der Waals surface area contributed by atoms with Gasteiger partial charge in [-0.15, -0.1) is 0 Å². The van der Waals surface area contributed by atoms with Crippen molar-refractivity contribution >= 4 is 0 Å². The molecule has 1 saturated heterocycles. The van der Waals surface area contributed by atoms with Crippen molar-refractivity contribution in [1.29, 1.82) is 0 Å². The van der Waals surface area contributed by atoms with Crippen LogP contribution in [0.1, 0.15) is 35.1 Å². The number of nitrogens with one attached hydrogen (secondary N) is 1. The van der Waals surface area contributed by atoms with Gasteiger partial charge in [0.05, 0.1) is 0 Å². The van der Waals surface area contributed by atoms with Crippen LogP contribution in [0.4, 0.5) is 4.39 Å². The van der Waals surface area contributed by atoms with E-state index in [1.807, 2.05) is 12.1 Å². The van der Waals surface area contributed by atoms with E-state index in [1.54, 1.807) is 13.0 Å². The van der Waals surface area contributed by atoms with E-state index < -0.39 is 0 Å². The number of hydrogen-bond acceptors (Lipinski definition) is 1. The highest BCUT2D eigenvalue weighted by molar-refractivity contribution is 5.32. The zero-order chi connectivity index (χ0) is 13.2. The topological polar surface area (TPSA) is 12.0 Å². The maximum atomic E-state index is 13.7. The smallest absolute Gasteiger partial charge is 0.126 e. The molecule has 19 heavy (non-hydrogen) atoms. The second-order valence-electron chi connectivity index (χ2n) is 5.25. The first-order valence-corrected chi connectivity index (χ1v) is 6.80. The third-order valence-electron chi connectivity index (χ3n) is 4.00. The molecule has 1 nitrogen and oxygen atoms in total. The van der Waals surface area contributed by atoms with Crippen LogP contribution in [-0.2, 0) is 0 Å². The second kappa shape index (κ2) is 5.14. The molecule has 0 saturated carbocycles. The first kappa shape index (κ1) is 12.4. The Morgan fingerprint density at radius 1 is 1.05 bits per heavy atom. The minimum Gasteiger partial charge on any atom is -0.309 e. The van der Waals surface area contributed by atoms with Gasteiger partial charge in [0.1, 0.15) is 5.82 Å². The number of aryl methyl sites for hydroxylation is 1. The lowest BCUT2D eigenvalue weighted by Crippen LogP contribution is -2.17. The van der Waals surface area contributed by atoms with Gasteiger partial charge >= 0.3 is 0 Å². The van der Waals surface area contributed by atoms with Crippen molar-refractivity contribution in [1.82, 2.24) is 5.32 Å². The first-order chi connectivity index (χ1) is 9.25. The van der Waals surface area contributed by atoms with Gasteiger partial charge in [-0.25, -0.2) is 4.39 Å². The Hall–Kier alpha value is -1.67. The molecular weight excluding hydrogens is 237 g/mol. The Balaban J connectivity index is 1.93. The Morgan fingerprint density at radius 2 is 1.84 bits per heavy atom. The summed E-state index contributed by atoms with van der Waals surface area (Å²) in [6, 6.07) is 16.4. The van der Waals surface area contributed by atoms with E-state index in [2.05, 4.69) is 35.6 Å². The quantitative estimate of drug-likeness (QED) is 0.856. The zero-order valence-corrected chi connectivity index (χ0v) is 11.1. The van der Waals surface area contributed by atoms with Gasteiger partial charge in [-0.2, -0.15) is 0 Å². The van der Waals surface area contributed by atoms with Crippen LogP contribution >= 0.6 is 0 Å². The van der Waals surface area contributed by atoms with E-state index in [4.69, 9.17) is 0 Å². The average molecular weight is 255 g/mol. The molecule has 2 atom stereocenters. The van der Waals surface area contributed by atoms with Crippen LogP contribution in [-0.4, -0.2) is 6.54 Å². The molecule has 2 heteroatoms. The van der Waals surface area contributed by atoms with Crippen LogP contribution in [0.3, 0.4) is 0 Å². The molecule has 0 spiro atoms. The predicted molar refractivity (Wildman–Crippen MR) is 75.7 cm³/mol. The summed E-state index contributed by atoms with van der Waals surface area (Å²) in [5.41, 5.74) is 3.10. The molecular formula is C17H18FN. The van der Waals surface area contributed by atoms with Crippen molar-refractivity contribution in [3.8, 4) is 0 Å². The first-order valence-electron chi connectivity index (χ1n) is 6.80. The van der Waals surface area contributed by atoms with Crippen LogP contribution in [0.15, 0.2) is 48.5 Å². The predicted octanol–water partition coefficient (Wildman–Crippen LogP) is 3.95. The summed E-state index contributed by atoms with van der Waals surface area (Å²) < 4.78 is 13.7. The van der Waals surface area contributed by atoms with Gasteiger partial charge in [-0.3, -0.25) is 0 Å². The van der Waals surface area contributed by atoms with Crippen LogP contribution in [0.2, 0.25) is 0 Å². The highest BCUT2D eigenvalue weighted by Gasteiger charge is 2.29. The molecule has 2 aromatic carbocycles. The van der Waals surface area contributed by atoms with E-state index in [0.717, 1.165) is 18.5 Å². The lowest BCUT2D eigenvalue weighted by atomic mass is 9.87. The fraction of sp³-hybridized carbons (Fsp3) is 0.294. The van der Waals surface area contributed by atoms with Crippen molar-refractivity contribution in [3.63, 3.8) is 0 Å². The lowest BCUT2D eigenvalue weighted by Gasteiger charge is -2.20. The Labute approximate surface area is 113 Å². The normalized spacial score (nSPS) is 22.6. The monoisotopic (exact) mass is 255 g/mol. The maximum Gasteiger partial charge on any atom is 0.126 e. The summed E-state index contributed by atoms with van der Waals surface area (Å²) in [6.07, 6.45) is 1.06. The lowest BCUT2D eigenvalue weighted by molar-refractivity contribution is 0.567. The molecule has 1 aliphatic rings. The minimum atomic E-state index is -0.101. The molecule has 98 valence electrons. The van der Waals surface area contributed by atoms with Crippen LogP contribution in [0.25, 0.3) is 0 Å². The van der Waals surface area contributed by atoms with E-state index >= 15 is 0 Å². The van der Waals surface area contributed by atoms with Crippen molar-refractivity contribution in [3.05, 3.63) is 71.0 Å². The van der Waals surface area contributed by atoms with Crippen LogP contribution in [0, 0.1) is 12.7 Å². The number of hydrogen-bond donors (Lipinski definition) is 1. The fourth-order valence-electron chi connectivity index (χ4n) is 2.91. The van der Waals surface area contributed by atoms with Crippen molar-refractivity contribution in [2.75, 3.05) is 6.54 Å². The van der Waals surface area contributed by atoms with Gasteiger partial charge in [-0.1, -0.05) is 42.5 Å². The average Bonchev–Trinajstić information content (AvgIpc) is 2.92. The molecule has 3 rings (SSSR count). The summed E-state index contributed by atoms with van der Waals surface area (Å²) in [5.74, 6) is 0.258. The second-order valence-corrected chi connectivity index (χ2v) is 5.25. The summed E-state index contributed by atoms with van der Waals surface area (Å²) in [7, 11) is 0. The number of benzene rings is 2. The third kappa shape index (κ3) is 2.41. The minimum absolute atomic E-state index is 0.101. The molecule has 0 amide bonds. The van der Waals surface area contributed by atoms with Gasteiger partial charge in [0, 0.05) is 12.0 Å². The summed E-state index contributed by atoms with van der Waals surface area (Å²) in [5, 5.41) is 3.53. The van der Waals surface area contributed by atoms with Crippen molar-refractivity contribution in [2.24, 2.45) is 0 Å². The molecule has 0 aromatic heterocycles. The fourth-order valence-corrected chi connectivity index (χ4v) is 2.91. The largest absolute Gasteiger partial charge is 0.309 e. The summed E-state index contributed by atoms with van der Waals surface area (Å²) in [4.78, 5) is 0. The molecule has 0 radical (unpaired) electrons. The molecule has 1 fully saturated rings. The van der Waals surface area contributed by atoms with Gasteiger partial charge in [0.2, 0.25) is 0 Å². The Morgan fingerprint density at radius 3 is 2.58 bits per heavy atom. The number of rotatable bonds is 2. The van der Waals surface area contributed by atoms with Crippen molar-refractivity contribution in [2.45, 2.75) is 25.3 Å². The summed E-state index contributed by atoms with van der Waals surface area (Å²) >= 11 is 0. The zero-order valence-electron chi connectivity index (χ0n) is 11.1. The standard InChI is InChI=1S/C17H18FN/c1-12-7-8-14(11-16(12)18)15-9-10-19-17(15)13-5-3-2-4-6-13/h2-8,11,15,17,19H,9-10H2,1H3. The van der Waals surface area contributed by atoms with E-state index in [1.165, 1.54) is 5.56 Å².